The van der Waals surface area contributed by atoms with E-state index in [9.17, 15) is 4.79 Å². The number of hydrogen-bond donors (Lipinski definition) is 0. The van der Waals surface area contributed by atoms with E-state index in [1.54, 1.807) is 23.1 Å². The summed E-state index contributed by atoms with van der Waals surface area (Å²) in [7, 11) is 0. The fourth-order valence-corrected chi connectivity index (χ4v) is 3.89. The molecule has 2 aromatic carbocycles. The third kappa shape index (κ3) is 4.40. The second-order valence-electron chi connectivity index (χ2n) is 7.51. The SMILES string of the molecule is CCOc1ccc(C(=O)N2CCC[C@H]2c2nc(-c3cccc(C)c3)no2)cc1OCC. The molecule has 7 nitrogen and oxygen atoms in total. The minimum absolute atomic E-state index is 0.0817. The topological polar surface area (TPSA) is 77.7 Å². The number of aromatic nitrogens is 2. The van der Waals surface area contributed by atoms with E-state index in [1.807, 2.05) is 45.0 Å². The molecule has 1 atom stereocenters. The van der Waals surface area contributed by atoms with Gasteiger partial charge in [0.1, 0.15) is 6.04 Å². The summed E-state index contributed by atoms with van der Waals surface area (Å²) in [6.07, 6.45) is 1.67. The number of carbonyl (C=O) groups is 1. The fourth-order valence-electron chi connectivity index (χ4n) is 3.89. The van der Waals surface area contributed by atoms with Crippen LogP contribution in [0.1, 0.15) is 54.5 Å². The Kier molecular flexibility index (Phi) is 6.21. The van der Waals surface area contributed by atoms with E-state index in [4.69, 9.17) is 14.0 Å². The summed E-state index contributed by atoms with van der Waals surface area (Å²) in [5.74, 6) is 2.14. The zero-order valence-electron chi connectivity index (χ0n) is 18.1. The second kappa shape index (κ2) is 9.20. The zero-order chi connectivity index (χ0) is 21.8. The molecular formula is C24H27N3O4. The second-order valence-corrected chi connectivity index (χ2v) is 7.51. The first-order valence-electron chi connectivity index (χ1n) is 10.7. The number of amides is 1. The van der Waals surface area contributed by atoms with Crippen LogP contribution in [-0.4, -0.2) is 40.7 Å². The van der Waals surface area contributed by atoms with Gasteiger partial charge in [0.15, 0.2) is 11.5 Å². The lowest BCUT2D eigenvalue weighted by Gasteiger charge is -2.22. The van der Waals surface area contributed by atoms with E-state index in [0.717, 1.165) is 24.0 Å². The lowest BCUT2D eigenvalue weighted by atomic mass is 10.1. The molecule has 0 bridgehead atoms. The van der Waals surface area contributed by atoms with Crippen LogP contribution >= 0.6 is 0 Å². The van der Waals surface area contributed by atoms with Crippen molar-refractivity contribution in [2.75, 3.05) is 19.8 Å². The normalized spacial score (nSPS) is 15.8. The third-order valence-electron chi connectivity index (χ3n) is 5.31. The molecule has 162 valence electrons. The smallest absolute Gasteiger partial charge is 0.254 e. The number of nitrogens with zero attached hydrogens (tertiary/aromatic N) is 3. The minimum Gasteiger partial charge on any atom is -0.490 e. The maximum Gasteiger partial charge on any atom is 0.254 e. The average Bonchev–Trinajstić information content (AvgIpc) is 3.44. The molecule has 31 heavy (non-hydrogen) atoms. The predicted octanol–water partition coefficient (Wildman–Crippen LogP) is 4.82. The molecule has 1 aromatic heterocycles. The van der Waals surface area contributed by atoms with Gasteiger partial charge in [0.2, 0.25) is 11.7 Å². The Morgan fingerprint density at radius 1 is 1.13 bits per heavy atom. The fraction of sp³-hybridized carbons (Fsp3) is 0.375. The van der Waals surface area contributed by atoms with Crippen LogP contribution in [0.15, 0.2) is 47.0 Å². The summed E-state index contributed by atoms with van der Waals surface area (Å²) in [4.78, 5) is 19.7. The molecule has 0 radical (unpaired) electrons. The van der Waals surface area contributed by atoms with Gasteiger partial charge in [-0.15, -0.1) is 0 Å². The summed E-state index contributed by atoms with van der Waals surface area (Å²) in [5.41, 5.74) is 2.58. The van der Waals surface area contributed by atoms with E-state index in [1.165, 1.54) is 0 Å². The molecule has 3 aromatic rings. The molecule has 1 aliphatic rings. The van der Waals surface area contributed by atoms with E-state index in [-0.39, 0.29) is 11.9 Å². The first kappa shape index (κ1) is 20.9. The van der Waals surface area contributed by atoms with Crippen molar-refractivity contribution in [3.05, 3.63) is 59.5 Å². The zero-order valence-corrected chi connectivity index (χ0v) is 18.1. The average molecular weight is 421 g/mol. The predicted molar refractivity (Wildman–Crippen MR) is 116 cm³/mol. The molecule has 1 aliphatic heterocycles. The van der Waals surface area contributed by atoms with Crippen LogP contribution in [0.25, 0.3) is 11.4 Å². The van der Waals surface area contributed by atoms with Crippen molar-refractivity contribution >= 4 is 5.91 Å². The highest BCUT2D eigenvalue weighted by Crippen LogP contribution is 2.35. The van der Waals surface area contributed by atoms with Crippen LogP contribution in [-0.2, 0) is 0 Å². The quantitative estimate of drug-likeness (QED) is 0.544. The van der Waals surface area contributed by atoms with E-state index >= 15 is 0 Å². The van der Waals surface area contributed by atoms with Crippen LogP contribution in [0.3, 0.4) is 0 Å². The lowest BCUT2D eigenvalue weighted by molar-refractivity contribution is 0.0709. The number of ether oxygens (including phenoxy) is 2. The molecule has 1 fully saturated rings. The molecule has 0 saturated carbocycles. The lowest BCUT2D eigenvalue weighted by Crippen LogP contribution is -2.30. The molecule has 1 amide bonds. The van der Waals surface area contributed by atoms with Crippen molar-refractivity contribution in [1.29, 1.82) is 0 Å². The Morgan fingerprint density at radius 3 is 2.71 bits per heavy atom. The van der Waals surface area contributed by atoms with Crippen LogP contribution in [0.2, 0.25) is 0 Å². The van der Waals surface area contributed by atoms with Gasteiger partial charge < -0.3 is 18.9 Å². The van der Waals surface area contributed by atoms with Gasteiger partial charge >= 0.3 is 0 Å². The Morgan fingerprint density at radius 2 is 1.94 bits per heavy atom. The first-order valence-corrected chi connectivity index (χ1v) is 10.7. The highest BCUT2D eigenvalue weighted by atomic mass is 16.5. The maximum atomic E-state index is 13.3. The van der Waals surface area contributed by atoms with Crippen molar-refractivity contribution in [1.82, 2.24) is 15.0 Å². The Balaban J connectivity index is 1.57. The molecule has 0 spiro atoms. The van der Waals surface area contributed by atoms with E-state index < -0.39 is 0 Å². The van der Waals surface area contributed by atoms with Crippen LogP contribution in [0.5, 0.6) is 11.5 Å². The molecule has 0 N–H and O–H groups in total. The van der Waals surface area contributed by atoms with Gasteiger partial charge in [-0.05, 0) is 57.9 Å². The third-order valence-corrected chi connectivity index (χ3v) is 5.31. The monoisotopic (exact) mass is 421 g/mol. The number of carbonyl (C=O) groups excluding carboxylic acids is 1. The van der Waals surface area contributed by atoms with Crippen molar-refractivity contribution in [2.24, 2.45) is 0 Å². The molecule has 1 saturated heterocycles. The summed E-state index contributed by atoms with van der Waals surface area (Å²) < 4.78 is 16.9. The van der Waals surface area contributed by atoms with Crippen LogP contribution in [0.4, 0.5) is 0 Å². The van der Waals surface area contributed by atoms with E-state index in [2.05, 4.69) is 10.1 Å². The maximum absolute atomic E-state index is 13.3. The van der Waals surface area contributed by atoms with Crippen molar-refractivity contribution in [3.8, 4) is 22.9 Å². The number of hydrogen-bond acceptors (Lipinski definition) is 6. The van der Waals surface area contributed by atoms with Crippen LogP contribution in [0, 0.1) is 6.92 Å². The molecular weight excluding hydrogens is 394 g/mol. The van der Waals surface area contributed by atoms with Gasteiger partial charge in [0.25, 0.3) is 5.91 Å². The largest absolute Gasteiger partial charge is 0.490 e. The number of likely N-dealkylation sites (tertiary alicyclic amines) is 1. The Bertz CT molecular complexity index is 1060. The molecule has 7 heteroatoms. The first-order chi connectivity index (χ1) is 15.1. The Labute approximate surface area is 182 Å². The number of aryl methyl sites for hydroxylation is 1. The summed E-state index contributed by atoms with van der Waals surface area (Å²) >= 11 is 0. The standard InChI is InChI=1S/C24H27N3O4/c1-4-29-20-12-11-18(15-21(20)30-5-2)24(28)27-13-7-10-19(27)23-25-22(26-31-23)17-9-6-8-16(3)14-17/h6,8-9,11-12,14-15,19H,4-5,7,10,13H2,1-3H3/t19-/m0/s1. The van der Waals surface area contributed by atoms with Gasteiger partial charge in [-0.1, -0.05) is 28.9 Å². The summed E-state index contributed by atoms with van der Waals surface area (Å²) in [6.45, 7) is 7.51. The highest BCUT2D eigenvalue weighted by Gasteiger charge is 2.35. The molecule has 0 aliphatic carbocycles. The number of rotatable bonds is 7. The van der Waals surface area contributed by atoms with Gasteiger partial charge in [-0.2, -0.15) is 4.98 Å². The summed E-state index contributed by atoms with van der Waals surface area (Å²) in [5, 5.41) is 4.15. The van der Waals surface area contributed by atoms with Gasteiger partial charge in [-0.25, -0.2) is 0 Å². The molecule has 0 unspecified atom stereocenters. The molecule has 4 rings (SSSR count). The van der Waals surface area contributed by atoms with E-state index in [0.29, 0.717) is 48.5 Å². The van der Waals surface area contributed by atoms with Crippen LogP contribution < -0.4 is 9.47 Å². The van der Waals surface area contributed by atoms with Crippen molar-refractivity contribution < 1.29 is 18.8 Å². The highest BCUT2D eigenvalue weighted by molar-refractivity contribution is 5.95. The Hall–Kier alpha value is -3.35. The van der Waals surface area contributed by atoms with Gasteiger partial charge in [-0.3, -0.25) is 4.79 Å². The molecule has 2 heterocycles. The van der Waals surface area contributed by atoms with Crippen molar-refractivity contribution in [2.45, 2.75) is 39.7 Å². The van der Waals surface area contributed by atoms with Gasteiger partial charge in [0, 0.05) is 17.7 Å². The number of benzene rings is 2. The summed E-state index contributed by atoms with van der Waals surface area (Å²) in [6, 6.07) is 13.0. The van der Waals surface area contributed by atoms with Crippen molar-refractivity contribution in [3.63, 3.8) is 0 Å². The minimum atomic E-state index is -0.235. The van der Waals surface area contributed by atoms with Gasteiger partial charge in [0.05, 0.1) is 13.2 Å².